The van der Waals surface area contributed by atoms with Crippen LogP contribution in [0.5, 0.6) is 11.6 Å². The fourth-order valence-electron chi connectivity index (χ4n) is 4.32. The van der Waals surface area contributed by atoms with E-state index in [9.17, 15) is 5.26 Å². The number of nitriles is 1. The molecule has 154 valence electrons. The monoisotopic (exact) mass is 421 g/mol. The highest BCUT2D eigenvalue weighted by molar-refractivity contribution is 7.18. The van der Waals surface area contributed by atoms with E-state index in [1.165, 1.54) is 21.8 Å². The molecule has 0 amide bonds. The third kappa shape index (κ3) is 3.79. The average Bonchev–Trinajstić information content (AvgIpc) is 3.12. The highest BCUT2D eigenvalue weighted by Gasteiger charge is 2.26. The molecule has 3 aromatic rings. The second-order valence-electron chi connectivity index (χ2n) is 8.23. The Morgan fingerprint density at radius 1 is 1.27 bits per heavy atom. The zero-order valence-corrected chi connectivity index (χ0v) is 17.9. The molecule has 2 aliphatic rings. The molecule has 1 aliphatic carbocycles. The van der Waals surface area contributed by atoms with Crippen molar-refractivity contribution in [2.24, 2.45) is 5.92 Å². The molecule has 5 rings (SSSR count). The van der Waals surface area contributed by atoms with Crippen molar-refractivity contribution in [1.29, 1.82) is 5.26 Å². The van der Waals surface area contributed by atoms with E-state index in [4.69, 9.17) is 19.4 Å². The van der Waals surface area contributed by atoms with Crippen LogP contribution in [0.1, 0.15) is 35.2 Å². The van der Waals surface area contributed by atoms with Crippen molar-refractivity contribution in [3.63, 3.8) is 0 Å². The molecule has 1 aromatic carbocycles. The van der Waals surface area contributed by atoms with Gasteiger partial charge in [-0.05, 0) is 42.9 Å². The van der Waals surface area contributed by atoms with Gasteiger partial charge in [-0.3, -0.25) is 0 Å². The number of nitrogens with zero attached hydrogens (tertiary/aromatic N) is 3. The van der Waals surface area contributed by atoms with Crippen molar-refractivity contribution in [2.45, 2.75) is 32.7 Å². The molecular formula is C23H25N4O2S+. The van der Waals surface area contributed by atoms with Crippen LogP contribution in [-0.4, -0.2) is 36.3 Å². The smallest absolute Gasteiger partial charge is 0.231 e. The Morgan fingerprint density at radius 3 is 2.93 bits per heavy atom. The van der Waals surface area contributed by atoms with E-state index >= 15 is 0 Å². The van der Waals surface area contributed by atoms with Gasteiger partial charge in [0.1, 0.15) is 36.3 Å². The molecular weight excluding hydrogens is 396 g/mol. The third-order valence-corrected chi connectivity index (χ3v) is 7.14. The lowest BCUT2D eigenvalue weighted by Crippen LogP contribution is -3.12. The van der Waals surface area contributed by atoms with Crippen LogP contribution in [0.2, 0.25) is 0 Å². The number of ether oxygens (including phenoxy) is 2. The van der Waals surface area contributed by atoms with Crippen molar-refractivity contribution in [1.82, 2.24) is 9.97 Å². The lowest BCUT2D eigenvalue weighted by Gasteiger charge is -2.23. The number of aryl methyl sites for hydroxylation is 1. The molecule has 1 fully saturated rings. The standard InChI is InChI=1S/C23H24N4O2S/c1-15-6-7-17-19(12-15)30-23-21(17)22(29-18-5-3-2-4-16(18)13-24)25-20(26-23)14-27-8-10-28-11-9-27/h2-5,15H,6-12,14H2,1H3/p+1/t15-/m1/s1. The number of hydrogen-bond acceptors (Lipinski definition) is 6. The third-order valence-electron chi connectivity index (χ3n) is 5.99. The normalized spacial score (nSPS) is 19.4. The van der Waals surface area contributed by atoms with Crippen molar-refractivity contribution in [3.8, 4) is 17.7 Å². The van der Waals surface area contributed by atoms with Gasteiger partial charge in [0.15, 0.2) is 5.82 Å². The maximum atomic E-state index is 9.49. The summed E-state index contributed by atoms with van der Waals surface area (Å²) < 4.78 is 11.8. The Labute approximate surface area is 180 Å². The number of para-hydroxylation sites is 1. The summed E-state index contributed by atoms with van der Waals surface area (Å²) in [7, 11) is 0. The van der Waals surface area contributed by atoms with E-state index in [2.05, 4.69) is 13.0 Å². The van der Waals surface area contributed by atoms with Crippen LogP contribution in [0.25, 0.3) is 10.2 Å². The van der Waals surface area contributed by atoms with E-state index in [-0.39, 0.29) is 0 Å². The van der Waals surface area contributed by atoms with E-state index in [0.29, 0.717) is 23.1 Å². The van der Waals surface area contributed by atoms with Gasteiger partial charge in [-0.1, -0.05) is 19.1 Å². The number of morpholine rings is 1. The number of benzene rings is 1. The average molecular weight is 422 g/mol. The first-order chi connectivity index (χ1) is 14.7. The minimum Gasteiger partial charge on any atom is -0.437 e. The summed E-state index contributed by atoms with van der Waals surface area (Å²) in [5.41, 5.74) is 1.85. The van der Waals surface area contributed by atoms with Gasteiger partial charge in [0.05, 0.1) is 24.2 Å². The predicted octanol–water partition coefficient (Wildman–Crippen LogP) is 2.90. The first-order valence-electron chi connectivity index (χ1n) is 10.6. The minimum atomic E-state index is 0.516. The molecule has 3 heterocycles. The molecule has 0 bridgehead atoms. The van der Waals surface area contributed by atoms with Gasteiger partial charge < -0.3 is 14.4 Å². The highest BCUT2D eigenvalue weighted by Crippen LogP contribution is 2.42. The van der Waals surface area contributed by atoms with Gasteiger partial charge >= 0.3 is 0 Å². The maximum Gasteiger partial charge on any atom is 0.231 e. The van der Waals surface area contributed by atoms with Gasteiger partial charge in [-0.2, -0.15) is 10.2 Å². The Hall–Kier alpha value is -2.53. The van der Waals surface area contributed by atoms with E-state index in [0.717, 1.165) is 61.7 Å². The first kappa shape index (κ1) is 19.4. The van der Waals surface area contributed by atoms with E-state index in [1.54, 1.807) is 17.4 Å². The molecule has 1 N–H and O–H groups in total. The van der Waals surface area contributed by atoms with E-state index in [1.807, 2.05) is 18.2 Å². The molecule has 0 radical (unpaired) electrons. The SMILES string of the molecule is C[C@@H]1CCc2c(sc3nc(C[NH+]4CCOCC4)nc(Oc4ccccc4C#N)c23)C1. The summed E-state index contributed by atoms with van der Waals surface area (Å²) in [6.45, 7) is 6.56. The molecule has 6 nitrogen and oxygen atoms in total. The molecule has 0 unspecified atom stereocenters. The first-order valence-corrected chi connectivity index (χ1v) is 11.4. The maximum absolute atomic E-state index is 9.49. The number of fused-ring (bicyclic) bond motifs is 3. The number of nitrogens with one attached hydrogen (secondary N) is 1. The van der Waals surface area contributed by atoms with E-state index < -0.39 is 0 Å². The summed E-state index contributed by atoms with van der Waals surface area (Å²) in [5, 5.41) is 10.5. The fourth-order valence-corrected chi connectivity index (χ4v) is 5.71. The van der Waals surface area contributed by atoms with Crippen molar-refractivity contribution < 1.29 is 14.4 Å². The van der Waals surface area contributed by atoms with Crippen LogP contribution in [0, 0.1) is 17.2 Å². The minimum absolute atomic E-state index is 0.516. The van der Waals surface area contributed by atoms with Gasteiger partial charge in [0.25, 0.3) is 0 Å². The fraction of sp³-hybridized carbons (Fsp3) is 0.435. The Morgan fingerprint density at radius 2 is 2.10 bits per heavy atom. The summed E-state index contributed by atoms with van der Waals surface area (Å²) >= 11 is 1.78. The molecule has 0 saturated carbocycles. The zero-order valence-electron chi connectivity index (χ0n) is 17.1. The second kappa shape index (κ2) is 8.31. The molecule has 2 aromatic heterocycles. The van der Waals surface area contributed by atoms with Crippen LogP contribution >= 0.6 is 11.3 Å². The molecule has 1 atom stereocenters. The Balaban J connectivity index is 1.59. The predicted molar refractivity (Wildman–Crippen MR) is 115 cm³/mol. The van der Waals surface area contributed by atoms with Crippen LogP contribution in [0.4, 0.5) is 0 Å². The van der Waals surface area contributed by atoms with Crippen LogP contribution in [0.15, 0.2) is 24.3 Å². The summed E-state index contributed by atoms with van der Waals surface area (Å²) in [4.78, 5) is 13.7. The van der Waals surface area contributed by atoms with Crippen molar-refractivity contribution >= 4 is 21.6 Å². The summed E-state index contributed by atoms with van der Waals surface area (Å²) in [5.74, 6) is 2.64. The van der Waals surface area contributed by atoms with Gasteiger partial charge in [0, 0.05) is 4.88 Å². The number of aromatic nitrogens is 2. The molecule has 1 saturated heterocycles. The number of quaternary nitrogens is 1. The number of rotatable bonds is 4. The quantitative estimate of drug-likeness (QED) is 0.701. The van der Waals surface area contributed by atoms with Crippen LogP contribution in [-0.2, 0) is 24.1 Å². The zero-order chi connectivity index (χ0) is 20.5. The second-order valence-corrected chi connectivity index (χ2v) is 9.31. The van der Waals surface area contributed by atoms with Crippen molar-refractivity contribution in [2.75, 3.05) is 26.3 Å². The number of thiophene rings is 1. The summed E-state index contributed by atoms with van der Waals surface area (Å²) in [6.07, 6.45) is 3.30. The molecule has 1 aliphatic heterocycles. The van der Waals surface area contributed by atoms with Gasteiger partial charge in [-0.15, -0.1) is 11.3 Å². The largest absolute Gasteiger partial charge is 0.437 e. The van der Waals surface area contributed by atoms with Gasteiger partial charge in [-0.25, -0.2) is 4.98 Å². The molecule has 7 heteroatoms. The highest BCUT2D eigenvalue weighted by atomic mass is 32.1. The lowest BCUT2D eigenvalue weighted by molar-refractivity contribution is -0.922. The Kier molecular flexibility index (Phi) is 5.38. The lowest BCUT2D eigenvalue weighted by atomic mass is 9.89. The summed E-state index contributed by atoms with van der Waals surface area (Å²) in [6, 6.07) is 9.57. The topological polar surface area (TPSA) is 72.5 Å². The van der Waals surface area contributed by atoms with Crippen LogP contribution in [0.3, 0.4) is 0 Å². The van der Waals surface area contributed by atoms with Gasteiger partial charge in [0.2, 0.25) is 5.88 Å². The number of hydrogen-bond donors (Lipinski definition) is 1. The molecule has 0 spiro atoms. The Bertz CT molecular complexity index is 1110. The molecule has 30 heavy (non-hydrogen) atoms. The van der Waals surface area contributed by atoms with Crippen LogP contribution < -0.4 is 9.64 Å². The van der Waals surface area contributed by atoms with Crippen molar-refractivity contribution in [3.05, 3.63) is 46.1 Å².